The van der Waals surface area contributed by atoms with Gasteiger partial charge in [-0.2, -0.15) is 13.2 Å². The molecule has 2 heterocycles. The number of anilines is 2. The van der Waals surface area contributed by atoms with Crippen LogP contribution in [0.3, 0.4) is 0 Å². The molecule has 2 aromatic heterocycles. The van der Waals surface area contributed by atoms with Crippen LogP contribution in [0.5, 0.6) is 0 Å². The van der Waals surface area contributed by atoms with E-state index in [1.54, 1.807) is 23.8 Å². The van der Waals surface area contributed by atoms with Gasteiger partial charge in [-0.3, -0.25) is 14.7 Å². The van der Waals surface area contributed by atoms with Crippen LogP contribution < -0.4 is 4.90 Å². The largest absolute Gasteiger partial charge is 0.416 e. The van der Waals surface area contributed by atoms with E-state index in [1.165, 1.54) is 28.4 Å². The molecule has 31 heavy (non-hydrogen) atoms. The van der Waals surface area contributed by atoms with Crippen LogP contribution in [0.2, 0.25) is 0 Å². The Hall–Kier alpha value is -2.78. The third kappa shape index (κ3) is 6.11. The van der Waals surface area contributed by atoms with Crippen LogP contribution >= 0.6 is 11.3 Å². The van der Waals surface area contributed by atoms with E-state index in [-0.39, 0.29) is 18.0 Å². The molecule has 164 valence electrons. The summed E-state index contributed by atoms with van der Waals surface area (Å²) in [5.74, 6) is -0.292. The van der Waals surface area contributed by atoms with Crippen LogP contribution in [0.25, 0.3) is 11.3 Å². The Morgan fingerprint density at radius 3 is 2.58 bits per heavy atom. The highest BCUT2D eigenvalue weighted by Gasteiger charge is 2.32. The van der Waals surface area contributed by atoms with E-state index in [2.05, 4.69) is 9.97 Å². The van der Waals surface area contributed by atoms with Crippen LogP contribution in [0.1, 0.15) is 18.4 Å². The zero-order chi connectivity index (χ0) is 22.6. The highest BCUT2D eigenvalue weighted by molar-refractivity contribution is 7.14. The van der Waals surface area contributed by atoms with E-state index < -0.39 is 11.7 Å². The van der Waals surface area contributed by atoms with Crippen molar-refractivity contribution in [3.05, 3.63) is 59.7 Å². The first-order valence-electron chi connectivity index (χ1n) is 9.71. The number of halogens is 3. The molecule has 1 aromatic carbocycles. The number of rotatable bonds is 7. The molecule has 0 fully saturated rings. The first kappa shape index (κ1) is 22.9. The summed E-state index contributed by atoms with van der Waals surface area (Å²) in [6, 6.07) is 8.39. The van der Waals surface area contributed by atoms with Gasteiger partial charge in [-0.25, -0.2) is 4.98 Å². The minimum atomic E-state index is -4.50. The fourth-order valence-electron chi connectivity index (χ4n) is 3.01. The summed E-state index contributed by atoms with van der Waals surface area (Å²) >= 11 is 1.21. The maximum atomic E-state index is 13.3. The van der Waals surface area contributed by atoms with Crippen LogP contribution in [-0.2, 0) is 11.0 Å². The van der Waals surface area contributed by atoms with E-state index in [0.29, 0.717) is 21.7 Å². The molecular formula is C22H24F3N4OS+. The van der Waals surface area contributed by atoms with Crippen molar-refractivity contribution in [1.82, 2.24) is 9.97 Å². The zero-order valence-electron chi connectivity index (χ0n) is 17.6. The van der Waals surface area contributed by atoms with E-state index in [0.717, 1.165) is 24.2 Å². The Kier molecular flexibility index (Phi) is 6.76. The maximum absolute atomic E-state index is 13.3. The number of pyridine rings is 1. The number of carbonyl (C=O) groups is 1. The molecule has 3 rings (SSSR count). The van der Waals surface area contributed by atoms with Gasteiger partial charge in [-0.05, 0) is 30.3 Å². The predicted molar refractivity (Wildman–Crippen MR) is 116 cm³/mol. The molecule has 0 radical (unpaired) electrons. The van der Waals surface area contributed by atoms with Crippen LogP contribution in [0, 0.1) is 0 Å². The second-order valence-electron chi connectivity index (χ2n) is 8.15. The van der Waals surface area contributed by atoms with Gasteiger partial charge in [0.05, 0.1) is 44.6 Å². The number of benzene rings is 1. The van der Waals surface area contributed by atoms with Crippen molar-refractivity contribution in [3.63, 3.8) is 0 Å². The molecule has 0 spiro atoms. The number of hydrogen-bond donors (Lipinski definition) is 0. The molecule has 0 saturated carbocycles. The lowest BCUT2D eigenvalue weighted by Gasteiger charge is -2.25. The van der Waals surface area contributed by atoms with Crippen molar-refractivity contribution in [2.45, 2.75) is 19.0 Å². The summed E-state index contributed by atoms with van der Waals surface area (Å²) in [5, 5.41) is 2.10. The molecule has 5 nitrogen and oxygen atoms in total. The number of alkyl halides is 3. The molecule has 0 saturated heterocycles. The van der Waals surface area contributed by atoms with Crippen LogP contribution in [-0.4, -0.2) is 48.0 Å². The molecule has 0 aliphatic heterocycles. The highest BCUT2D eigenvalue weighted by Crippen LogP contribution is 2.36. The zero-order valence-corrected chi connectivity index (χ0v) is 18.4. The number of nitrogens with zero attached hydrogens (tertiary/aromatic N) is 4. The fraction of sp³-hybridized carbons (Fsp3) is 0.318. The Morgan fingerprint density at radius 2 is 1.94 bits per heavy atom. The van der Waals surface area contributed by atoms with Gasteiger partial charge in [-0.15, -0.1) is 11.3 Å². The fourth-order valence-corrected chi connectivity index (χ4v) is 3.88. The van der Waals surface area contributed by atoms with Crippen molar-refractivity contribution < 1.29 is 22.4 Å². The van der Waals surface area contributed by atoms with Gasteiger partial charge in [0.25, 0.3) is 0 Å². The SMILES string of the molecule is C[N+](C)(C)CCCC(=O)N(c1cccc(C(F)(F)F)c1)c1nc(-c2cccnc2)cs1. The molecule has 0 N–H and O–H groups in total. The summed E-state index contributed by atoms with van der Waals surface area (Å²) in [5.41, 5.74) is 0.728. The van der Waals surface area contributed by atoms with Crippen molar-refractivity contribution in [2.75, 3.05) is 32.6 Å². The average Bonchev–Trinajstić information content (AvgIpc) is 3.17. The Balaban J connectivity index is 1.95. The average molecular weight is 450 g/mol. The molecule has 0 atom stereocenters. The summed E-state index contributed by atoms with van der Waals surface area (Å²) < 4.78 is 40.5. The molecule has 0 aliphatic rings. The summed E-state index contributed by atoms with van der Waals surface area (Å²) in [4.78, 5) is 23.0. The van der Waals surface area contributed by atoms with Gasteiger partial charge in [0.2, 0.25) is 5.91 Å². The highest BCUT2D eigenvalue weighted by atomic mass is 32.1. The van der Waals surface area contributed by atoms with E-state index in [9.17, 15) is 18.0 Å². The van der Waals surface area contributed by atoms with Crippen molar-refractivity contribution >= 4 is 28.1 Å². The number of thiazole rings is 1. The van der Waals surface area contributed by atoms with Crippen molar-refractivity contribution in [1.29, 1.82) is 0 Å². The minimum absolute atomic E-state index is 0.150. The molecule has 0 unspecified atom stereocenters. The molecule has 1 amide bonds. The van der Waals surface area contributed by atoms with Gasteiger partial charge < -0.3 is 4.48 Å². The number of hydrogen-bond acceptors (Lipinski definition) is 4. The van der Waals surface area contributed by atoms with Gasteiger partial charge >= 0.3 is 6.18 Å². The molecule has 9 heteroatoms. The quantitative estimate of drug-likeness (QED) is 0.455. The second-order valence-corrected chi connectivity index (χ2v) is 8.99. The molecule has 0 bridgehead atoms. The van der Waals surface area contributed by atoms with E-state index in [1.807, 2.05) is 27.2 Å². The lowest BCUT2D eigenvalue weighted by Crippen LogP contribution is -2.36. The smallest absolute Gasteiger partial charge is 0.331 e. The Labute approximate surface area is 183 Å². The molecular weight excluding hydrogens is 425 g/mol. The summed E-state index contributed by atoms with van der Waals surface area (Å²) in [6.45, 7) is 0.765. The van der Waals surface area contributed by atoms with E-state index >= 15 is 0 Å². The first-order valence-corrected chi connectivity index (χ1v) is 10.6. The number of quaternary nitrogens is 1. The topological polar surface area (TPSA) is 46.1 Å². The maximum Gasteiger partial charge on any atom is 0.416 e. The monoisotopic (exact) mass is 449 g/mol. The van der Waals surface area contributed by atoms with Crippen LogP contribution in [0.15, 0.2) is 54.2 Å². The first-order chi connectivity index (χ1) is 14.5. The third-order valence-corrected chi connectivity index (χ3v) is 5.37. The molecule has 0 aliphatic carbocycles. The predicted octanol–water partition coefficient (Wildman–Crippen LogP) is 5.38. The Bertz CT molecular complexity index is 1030. The summed E-state index contributed by atoms with van der Waals surface area (Å²) in [6.07, 6.45) is -0.399. The number of amides is 1. The Morgan fingerprint density at radius 1 is 1.16 bits per heavy atom. The summed E-state index contributed by atoms with van der Waals surface area (Å²) in [7, 11) is 6.07. The minimum Gasteiger partial charge on any atom is -0.331 e. The van der Waals surface area contributed by atoms with Gasteiger partial charge in [0, 0.05) is 36.2 Å². The van der Waals surface area contributed by atoms with Gasteiger partial charge in [0.1, 0.15) is 0 Å². The van der Waals surface area contributed by atoms with Crippen molar-refractivity contribution in [2.24, 2.45) is 0 Å². The van der Waals surface area contributed by atoms with Gasteiger partial charge in [-0.1, -0.05) is 6.07 Å². The van der Waals surface area contributed by atoms with Gasteiger partial charge in [0.15, 0.2) is 5.13 Å². The second kappa shape index (κ2) is 9.15. The number of aromatic nitrogens is 2. The standard InChI is InChI=1S/C22H24F3N4OS/c1-29(2,3)12-6-10-20(30)28(18-9-4-8-17(13-18)22(23,24)25)21-27-19(15-31-21)16-7-5-11-26-14-16/h4-5,7-9,11,13-15H,6,10,12H2,1-3H3/q+1. The number of carbonyl (C=O) groups excluding carboxylic acids is 1. The normalized spacial score (nSPS) is 12.1. The van der Waals surface area contributed by atoms with Crippen molar-refractivity contribution in [3.8, 4) is 11.3 Å². The lowest BCUT2D eigenvalue weighted by molar-refractivity contribution is -0.870. The lowest BCUT2D eigenvalue weighted by atomic mass is 10.1. The third-order valence-electron chi connectivity index (χ3n) is 4.54. The molecule has 3 aromatic rings. The van der Waals surface area contributed by atoms with Crippen LogP contribution in [0.4, 0.5) is 24.0 Å². The van der Waals surface area contributed by atoms with E-state index in [4.69, 9.17) is 0 Å².